The quantitative estimate of drug-likeness (QED) is 0.516. The van der Waals surface area contributed by atoms with Crippen LogP contribution in [0.5, 0.6) is 0 Å². The summed E-state index contributed by atoms with van der Waals surface area (Å²) in [7, 11) is -3.68. The first kappa shape index (κ1) is 16.3. The van der Waals surface area contributed by atoms with E-state index in [0.717, 1.165) is 5.39 Å². The summed E-state index contributed by atoms with van der Waals surface area (Å²) < 4.78 is 33.0. The molecule has 4 aromatic rings. The number of halogens is 1. The summed E-state index contributed by atoms with van der Waals surface area (Å²) in [6.45, 7) is -0.0480. The van der Waals surface area contributed by atoms with Gasteiger partial charge in [0.15, 0.2) is 0 Å². The number of sulfonamides is 1. The van der Waals surface area contributed by atoms with Gasteiger partial charge in [-0.15, -0.1) is 10.2 Å². The molecule has 8 heteroatoms. The van der Waals surface area contributed by atoms with Crippen molar-refractivity contribution in [1.29, 1.82) is 0 Å². The number of aromatic nitrogens is 2. The number of hydrogen-bond acceptors (Lipinski definition) is 5. The van der Waals surface area contributed by atoms with Crippen molar-refractivity contribution < 1.29 is 12.8 Å². The summed E-state index contributed by atoms with van der Waals surface area (Å²) >= 11 is 6.16. The van der Waals surface area contributed by atoms with E-state index in [9.17, 15) is 8.42 Å². The molecule has 5 rings (SSSR count). The molecule has 6 nitrogen and oxygen atoms in total. The van der Waals surface area contributed by atoms with Crippen LogP contribution in [0.15, 0.2) is 70.0 Å². The van der Waals surface area contributed by atoms with Gasteiger partial charge in [0.05, 0.1) is 21.2 Å². The highest BCUT2D eigenvalue weighted by atomic mass is 35.5. The van der Waals surface area contributed by atoms with E-state index in [1.165, 1.54) is 4.31 Å². The van der Waals surface area contributed by atoms with Crippen LogP contribution in [0.3, 0.4) is 0 Å². The average molecular weight is 398 g/mol. The zero-order valence-corrected chi connectivity index (χ0v) is 15.4. The highest BCUT2D eigenvalue weighted by molar-refractivity contribution is 7.93. The van der Waals surface area contributed by atoms with Gasteiger partial charge in [-0.3, -0.25) is 4.31 Å². The van der Waals surface area contributed by atoms with Crippen molar-refractivity contribution in [1.82, 2.24) is 10.2 Å². The molecule has 3 aromatic carbocycles. The van der Waals surface area contributed by atoms with Crippen LogP contribution in [0.2, 0.25) is 5.02 Å². The van der Waals surface area contributed by atoms with Crippen molar-refractivity contribution in [2.75, 3.05) is 4.31 Å². The van der Waals surface area contributed by atoms with Crippen LogP contribution in [0.4, 0.5) is 5.69 Å². The first-order valence-electron chi connectivity index (χ1n) is 8.17. The van der Waals surface area contributed by atoms with E-state index in [-0.39, 0.29) is 18.3 Å². The second-order valence-electron chi connectivity index (χ2n) is 6.12. The van der Waals surface area contributed by atoms with E-state index in [2.05, 4.69) is 10.2 Å². The highest BCUT2D eigenvalue weighted by Gasteiger charge is 2.36. The zero-order chi connectivity index (χ0) is 18.6. The van der Waals surface area contributed by atoms with E-state index < -0.39 is 10.0 Å². The third-order valence-electron chi connectivity index (χ3n) is 4.53. The van der Waals surface area contributed by atoms with Gasteiger partial charge in [-0.1, -0.05) is 48.0 Å². The minimum atomic E-state index is -3.68. The van der Waals surface area contributed by atoms with Crippen LogP contribution in [0.25, 0.3) is 22.2 Å². The molecule has 0 saturated heterocycles. The Balaban J connectivity index is 1.56. The Kier molecular flexibility index (Phi) is 3.50. The van der Waals surface area contributed by atoms with Crippen LogP contribution in [-0.4, -0.2) is 18.6 Å². The van der Waals surface area contributed by atoms with Crippen LogP contribution >= 0.6 is 11.6 Å². The number of anilines is 1. The lowest BCUT2D eigenvalue weighted by Crippen LogP contribution is -2.26. The lowest BCUT2D eigenvalue weighted by molar-refractivity contribution is 0.506. The van der Waals surface area contributed by atoms with E-state index in [1.54, 1.807) is 36.4 Å². The van der Waals surface area contributed by atoms with Crippen molar-refractivity contribution >= 4 is 38.1 Å². The highest BCUT2D eigenvalue weighted by Crippen LogP contribution is 2.42. The van der Waals surface area contributed by atoms with Crippen molar-refractivity contribution in [2.45, 2.75) is 11.4 Å². The molecule has 0 radical (unpaired) electrons. The van der Waals surface area contributed by atoms with Crippen molar-refractivity contribution in [3.05, 3.63) is 71.6 Å². The monoisotopic (exact) mass is 397 g/mol. The van der Waals surface area contributed by atoms with Gasteiger partial charge in [0.2, 0.25) is 11.8 Å². The first-order chi connectivity index (χ1) is 13.1. The van der Waals surface area contributed by atoms with E-state index >= 15 is 0 Å². The zero-order valence-electron chi connectivity index (χ0n) is 13.8. The van der Waals surface area contributed by atoms with E-state index in [1.807, 2.05) is 24.3 Å². The topological polar surface area (TPSA) is 76.3 Å². The summed E-state index contributed by atoms with van der Waals surface area (Å²) in [4.78, 5) is 0.293. The van der Waals surface area contributed by atoms with Gasteiger partial charge in [0.25, 0.3) is 10.0 Å². The first-order valence-corrected chi connectivity index (χ1v) is 9.99. The molecule has 1 aliphatic rings. The Morgan fingerprint density at radius 1 is 0.963 bits per heavy atom. The molecule has 0 saturated carbocycles. The second kappa shape index (κ2) is 5.80. The summed E-state index contributed by atoms with van der Waals surface area (Å²) in [6.07, 6.45) is 0. The number of hydrogen-bond donors (Lipinski definition) is 0. The Hall–Kier alpha value is -2.90. The number of benzene rings is 3. The van der Waals surface area contributed by atoms with Gasteiger partial charge >= 0.3 is 0 Å². The number of rotatable bonds is 3. The SMILES string of the molecule is O=S1(=O)c2cccc3cccc(c23)N1Cc1nnc(-c2ccccc2Cl)o1. The minimum absolute atomic E-state index is 0.0480. The third kappa shape index (κ3) is 2.43. The minimum Gasteiger partial charge on any atom is -0.419 e. The molecular formula is C19H12ClN3O3S. The van der Waals surface area contributed by atoms with E-state index in [0.29, 0.717) is 26.6 Å². The predicted octanol–water partition coefficient (Wildman–Crippen LogP) is 4.25. The molecule has 0 amide bonds. The standard InChI is InChI=1S/C19H12ClN3O3S/c20-14-8-2-1-7-13(14)19-22-21-17(26-19)11-23-15-9-3-5-12-6-4-10-16(18(12)15)27(23,24)25/h1-10H,11H2. The molecule has 2 heterocycles. The number of nitrogens with zero attached hydrogens (tertiary/aromatic N) is 3. The molecule has 27 heavy (non-hydrogen) atoms. The third-order valence-corrected chi connectivity index (χ3v) is 6.66. The van der Waals surface area contributed by atoms with Crippen LogP contribution in [-0.2, 0) is 16.6 Å². The van der Waals surface area contributed by atoms with Gasteiger partial charge in [-0.25, -0.2) is 8.42 Å². The molecule has 1 aromatic heterocycles. The Morgan fingerprint density at radius 2 is 1.74 bits per heavy atom. The van der Waals surface area contributed by atoms with Gasteiger partial charge in [0, 0.05) is 5.39 Å². The Labute approximate surface area is 160 Å². The van der Waals surface area contributed by atoms with Gasteiger partial charge in [-0.05, 0) is 29.7 Å². The lowest BCUT2D eigenvalue weighted by atomic mass is 10.1. The largest absolute Gasteiger partial charge is 0.419 e. The summed E-state index contributed by atoms with van der Waals surface area (Å²) in [5.41, 5.74) is 1.22. The smallest absolute Gasteiger partial charge is 0.265 e. The maximum absolute atomic E-state index is 13.0. The fourth-order valence-corrected chi connectivity index (χ4v) is 5.19. The molecule has 1 aliphatic heterocycles. The maximum Gasteiger partial charge on any atom is 0.265 e. The molecule has 0 unspecified atom stereocenters. The Morgan fingerprint density at radius 3 is 2.56 bits per heavy atom. The van der Waals surface area contributed by atoms with Crippen molar-refractivity contribution in [3.63, 3.8) is 0 Å². The van der Waals surface area contributed by atoms with Gasteiger partial charge in [0.1, 0.15) is 6.54 Å². The molecule has 134 valence electrons. The molecule has 0 atom stereocenters. The summed E-state index contributed by atoms with van der Waals surface area (Å²) in [5, 5.41) is 10.1. The van der Waals surface area contributed by atoms with Crippen molar-refractivity contribution in [3.8, 4) is 11.5 Å². The molecule has 0 spiro atoms. The van der Waals surface area contributed by atoms with Crippen molar-refractivity contribution in [2.24, 2.45) is 0 Å². The fourth-order valence-electron chi connectivity index (χ4n) is 3.31. The predicted molar refractivity (Wildman–Crippen MR) is 102 cm³/mol. The normalized spacial score (nSPS) is 14.8. The summed E-state index contributed by atoms with van der Waals surface area (Å²) in [5.74, 6) is 0.446. The van der Waals surface area contributed by atoms with E-state index in [4.69, 9.17) is 16.0 Å². The molecule has 0 bridgehead atoms. The maximum atomic E-state index is 13.0. The van der Waals surface area contributed by atoms with Gasteiger partial charge in [-0.2, -0.15) is 0 Å². The molecule has 0 fully saturated rings. The fraction of sp³-hybridized carbons (Fsp3) is 0.0526. The summed E-state index contributed by atoms with van der Waals surface area (Å²) in [6, 6.07) is 17.9. The van der Waals surface area contributed by atoms with Gasteiger partial charge < -0.3 is 4.42 Å². The second-order valence-corrected chi connectivity index (χ2v) is 8.36. The van der Waals surface area contributed by atoms with Crippen LogP contribution in [0.1, 0.15) is 5.89 Å². The molecule has 0 aliphatic carbocycles. The lowest BCUT2D eigenvalue weighted by Gasteiger charge is -2.16. The average Bonchev–Trinajstić information content (AvgIpc) is 3.21. The molecule has 0 N–H and O–H groups in total. The Bertz CT molecular complexity index is 1300. The van der Waals surface area contributed by atoms with Crippen LogP contribution in [0, 0.1) is 0 Å². The molecular weight excluding hydrogens is 386 g/mol. The van der Waals surface area contributed by atoms with Crippen LogP contribution < -0.4 is 4.31 Å².